The van der Waals surface area contributed by atoms with Crippen LogP contribution in [0.5, 0.6) is 0 Å². The van der Waals surface area contributed by atoms with Crippen LogP contribution in [-0.4, -0.2) is 77.9 Å². The van der Waals surface area contributed by atoms with Crippen LogP contribution in [0.4, 0.5) is 13.2 Å². The number of nitrogens with one attached hydrogen (secondary N) is 2. The van der Waals surface area contributed by atoms with Crippen LogP contribution in [0.15, 0.2) is 27.6 Å². The molecule has 2 atom stereocenters. The van der Waals surface area contributed by atoms with E-state index in [0.29, 0.717) is 42.0 Å². The Labute approximate surface area is 252 Å². The first-order valence-electron chi connectivity index (χ1n) is 11.8. The number of fused-ring (bicyclic) bond motifs is 1. The molecule has 0 bridgehead atoms. The average molecular weight is 597 g/mol. The third-order valence-corrected chi connectivity index (χ3v) is 9.06. The van der Waals surface area contributed by atoms with E-state index in [1.165, 1.54) is 11.8 Å². The zero-order chi connectivity index (χ0) is 27.4. The first-order chi connectivity index (χ1) is 18.0. The molecule has 2 saturated heterocycles. The van der Waals surface area contributed by atoms with E-state index in [2.05, 4.69) is 20.8 Å². The minimum Gasteiger partial charge on any atom is -1.00 e. The maximum absolute atomic E-state index is 13.0. The first-order valence-corrected chi connectivity index (χ1v) is 13.8. The normalized spacial score (nSPS) is 24.1. The summed E-state index contributed by atoms with van der Waals surface area (Å²) in [6.07, 6.45) is -1.61. The number of β-lactam (4-membered cyclic amide) rings is 1. The van der Waals surface area contributed by atoms with Crippen molar-refractivity contribution >= 4 is 47.2 Å². The number of hydrogen-bond donors (Lipinski definition) is 3. The van der Waals surface area contributed by atoms with Crippen LogP contribution in [0.3, 0.4) is 0 Å². The Kier molecular flexibility index (Phi) is 8.81. The molecule has 5 rings (SSSR count). The van der Waals surface area contributed by atoms with Crippen LogP contribution in [0.1, 0.15) is 32.9 Å². The molecule has 11 nitrogen and oxygen atoms in total. The van der Waals surface area contributed by atoms with Crippen molar-refractivity contribution in [3.05, 3.63) is 28.2 Å². The number of allylic oxidation sites excluding steroid dienone is 1. The zero-order valence-electron chi connectivity index (χ0n) is 22.0. The van der Waals surface area contributed by atoms with Crippen molar-refractivity contribution in [3.63, 3.8) is 0 Å². The van der Waals surface area contributed by atoms with Crippen molar-refractivity contribution in [1.29, 1.82) is 0 Å². The van der Waals surface area contributed by atoms with E-state index in [0.717, 1.165) is 41.1 Å². The Morgan fingerprint density at radius 3 is 2.56 bits per heavy atom. The zero-order valence-corrected chi connectivity index (χ0v) is 24.6. The summed E-state index contributed by atoms with van der Waals surface area (Å²) in [7, 11) is 1.13. The van der Waals surface area contributed by atoms with Crippen molar-refractivity contribution < 1.29 is 68.4 Å². The Balaban J connectivity index is 0.00000220. The summed E-state index contributed by atoms with van der Waals surface area (Å²) < 4.78 is 39.4. The second-order valence-corrected chi connectivity index (χ2v) is 11.4. The summed E-state index contributed by atoms with van der Waals surface area (Å²) in [5, 5.41) is 21.2. The summed E-state index contributed by atoms with van der Waals surface area (Å²) in [5.41, 5.74) is 1.57. The van der Waals surface area contributed by atoms with E-state index >= 15 is 0 Å². The molecule has 1 aliphatic carbocycles. The minimum atomic E-state index is -4.69. The molecule has 0 unspecified atom stereocenters. The molecule has 1 saturated carbocycles. The molecule has 206 valence electrons. The Morgan fingerprint density at radius 2 is 2.00 bits per heavy atom. The van der Waals surface area contributed by atoms with E-state index < -0.39 is 41.2 Å². The number of halogens is 3. The number of carbonyl (C=O) groups excluding carboxylic acids is 3. The van der Waals surface area contributed by atoms with Gasteiger partial charge in [-0.3, -0.25) is 19.3 Å². The molecular weight excluding hydrogens is 572 g/mol. The number of amides is 3. The standard InChI is InChI=1S/C22H23F3N6O5S2.Na.H/c1-30-20(22(23,24)25)28-29-21(30)38-8-13(32)27-14-17(34)31-15(19(35)36)12(7-37-18(14)31)11(6-9-2-3-9)10-4-5-26-16(10)33;;/h9,14,18H,2-8H2,1H3,(H,26,33)(H,27,32)(H,35,36);;/q;+1;-1/t14-,18-;;/m1../s1. The number of rotatable bonds is 8. The monoisotopic (exact) mass is 596 g/mol. The van der Waals surface area contributed by atoms with E-state index in [9.17, 15) is 37.5 Å². The fourth-order valence-corrected chi connectivity index (χ4v) is 6.84. The van der Waals surface area contributed by atoms with Crippen LogP contribution in [-0.2, 0) is 32.4 Å². The third kappa shape index (κ3) is 5.89. The van der Waals surface area contributed by atoms with Gasteiger partial charge in [-0.1, -0.05) is 11.8 Å². The van der Waals surface area contributed by atoms with Crippen molar-refractivity contribution in [3.8, 4) is 0 Å². The summed E-state index contributed by atoms with van der Waals surface area (Å²) in [5.74, 6) is -3.58. The quantitative estimate of drug-likeness (QED) is 0.140. The molecule has 3 aliphatic heterocycles. The smallest absolute Gasteiger partial charge is 1.00 e. The number of alkyl halides is 3. The molecule has 0 radical (unpaired) electrons. The summed E-state index contributed by atoms with van der Waals surface area (Å²) in [6.45, 7) is 0.481. The summed E-state index contributed by atoms with van der Waals surface area (Å²) in [6, 6.07) is -0.983. The maximum Gasteiger partial charge on any atom is 1.00 e. The van der Waals surface area contributed by atoms with Crippen molar-refractivity contribution in [2.24, 2.45) is 13.0 Å². The largest absolute Gasteiger partial charge is 1.00 e. The average Bonchev–Trinajstić information content (AvgIpc) is 3.45. The molecule has 4 heterocycles. The Morgan fingerprint density at radius 1 is 1.28 bits per heavy atom. The third-order valence-electron chi connectivity index (χ3n) is 6.76. The van der Waals surface area contributed by atoms with Crippen molar-refractivity contribution in [2.75, 3.05) is 18.1 Å². The number of aromatic nitrogens is 3. The second-order valence-electron chi connectivity index (χ2n) is 9.35. The van der Waals surface area contributed by atoms with Gasteiger partial charge in [0.05, 0.1) is 5.75 Å². The topological polar surface area (TPSA) is 147 Å². The second kappa shape index (κ2) is 11.5. The van der Waals surface area contributed by atoms with Gasteiger partial charge >= 0.3 is 41.7 Å². The fourth-order valence-electron chi connectivity index (χ4n) is 4.73. The molecule has 39 heavy (non-hydrogen) atoms. The molecular formula is C22H24F3N6NaO5S2. The minimum absolute atomic E-state index is 0. The number of carboxylic acid groups (broad SMARTS) is 1. The number of carboxylic acids is 1. The number of hydrogen-bond acceptors (Lipinski definition) is 8. The van der Waals surface area contributed by atoms with Crippen LogP contribution >= 0.6 is 23.5 Å². The molecule has 3 fully saturated rings. The van der Waals surface area contributed by atoms with E-state index in [-0.39, 0.29) is 59.3 Å². The predicted molar refractivity (Wildman–Crippen MR) is 130 cm³/mol. The SMILES string of the molecule is Cn1c(SCC(=O)N[C@@H]2C(=O)N3C(C(=O)O)=C(C(CC4CC4)=C4CCNC4=O)CS[C@H]23)nnc1C(F)(F)F.[H-].[Na+]. The first kappa shape index (κ1) is 30.0. The molecule has 3 N–H and O–H groups in total. The van der Waals surface area contributed by atoms with Gasteiger partial charge in [0.15, 0.2) is 5.16 Å². The van der Waals surface area contributed by atoms with E-state index in [1.54, 1.807) is 0 Å². The van der Waals surface area contributed by atoms with Gasteiger partial charge in [0.2, 0.25) is 17.6 Å². The molecule has 1 aromatic heterocycles. The van der Waals surface area contributed by atoms with Crippen LogP contribution < -0.4 is 40.2 Å². The van der Waals surface area contributed by atoms with Gasteiger partial charge in [0.1, 0.15) is 17.1 Å². The predicted octanol–water partition coefficient (Wildman–Crippen LogP) is -1.60. The van der Waals surface area contributed by atoms with Gasteiger partial charge in [-0.25, -0.2) is 4.79 Å². The van der Waals surface area contributed by atoms with E-state index in [1.807, 2.05) is 0 Å². The summed E-state index contributed by atoms with van der Waals surface area (Å²) >= 11 is 2.03. The molecule has 0 spiro atoms. The van der Waals surface area contributed by atoms with Gasteiger partial charge < -0.3 is 21.7 Å². The van der Waals surface area contributed by atoms with Crippen molar-refractivity contribution in [1.82, 2.24) is 30.3 Å². The van der Waals surface area contributed by atoms with Crippen molar-refractivity contribution in [2.45, 2.75) is 48.4 Å². The van der Waals surface area contributed by atoms with Gasteiger partial charge in [0, 0.05) is 24.9 Å². The fraction of sp³-hybridized carbons (Fsp3) is 0.545. The number of carbonyl (C=O) groups is 4. The maximum atomic E-state index is 13.0. The van der Waals surface area contributed by atoms with Gasteiger partial charge in [-0.05, 0) is 42.7 Å². The van der Waals surface area contributed by atoms with E-state index in [4.69, 9.17) is 0 Å². The molecule has 17 heteroatoms. The molecule has 3 amide bonds. The number of aliphatic carboxylic acids is 1. The van der Waals surface area contributed by atoms with Crippen LogP contribution in [0.25, 0.3) is 0 Å². The Bertz CT molecular complexity index is 1300. The van der Waals surface area contributed by atoms with Gasteiger partial charge in [0.25, 0.3) is 5.91 Å². The number of thioether (sulfide) groups is 2. The Hall–Kier alpha value is -2.01. The van der Waals surface area contributed by atoms with Gasteiger partial charge in [-0.15, -0.1) is 22.0 Å². The number of nitrogens with zero attached hydrogens (tertiary/aromatic N) is 4. The van der Waals surface area contributed by atoms with Gasteiger partial charge in [-0.2, -0.15) is 13.2 Å². The molecule has 4 aliphatic rings. The van der Waals surface area contributed by atoms with Crippen LogP contribution in [0, 0.1) is 5.92 Å². The molecule has 1 aromatic rings. The molecule has 0 aromatic carbocycles. The summed E-state index contributed by atoms with van der Waals surface area (Å²) in [4.78, 5) is 51.4. The van der Waals surface area contributed by atoms with Crippen LogP contribution in [0.2, 0.25) is 0 Å².